The van der Waals surface area contributed by atoms with E-state index in [0.717, 1.165) is 35.3 Å². The molecule has 0 unspecified atom stereocenters. The van der Waals surface area contributed by atoms with E-state index in [1.165, 1.54) is 10.9 Å². The van der Waals surface area contributed by atoms with E-state index >= 15 is 0 Å². The molecule has 3 aromatic rings. The molecule has 3 heterocycles. The van der Waals surface area contributed by atoms with Crippen LogP contribution in [0.4, 0.5) is 5.69 Å². The van der Waals surface area contributed by atoms with Crippen molar-refractivity contribution in [3.8, 4) is 5.75 Å². The Hall–Kier alpha value is -3.28. The van der Waals surface area contributed by atoms with Gasteiger partial charge in [-0.1, -0.05) is 24.3 Å². The minimum Gasteiger partial charge on any atom is -0.484 e. The molecule has 0 saturated heterocycles. The number of rotatable bonds is 3. The quantitative estimate of drug-likeness (QED) is 0.739. The number of nitrogens with zero attached hydrogens (tertiary/aromatic N) is 1. The van der Waals surface area contributed by atoms with E-state index in [-0.39, 0.29) is 18.4 Å². The van der Waals surface area contributed by atoms with Gasteiger partial charge in [-0.15, -0.1) is 0 Å². The molecule has 2 aromatic carbocycles. The van der Waals surface area contributed by atoms with Gasteiger partial charge in [0.15, 0.2) is 6.61 Å². The highest BCUT2D eigenvalue weighted by Gasteiger charge is 2.24. The first kappa shape index (κ1) is 16.9. The summed E-state index contributed by atoms with van der Waals surface area (Å²) in [6.07, 6.45) is 2.09. The van der Waals surface area contributed by atoms with E-state index in [4.69, 9.17) is 4.74 Å². The number of H-pyrrole nitrogens is 1. The van der Waals surface area contributed by atoms with E-state index in [0.29, 0.717) is 25.3 Å². The summed E-state index contributed by atoms with van der Waals surface area (Å²) in [4.78, 5) is 29.5. The van der Waals surface area contributed by atoms with Crippen molar-refractivity contribution in [2.24, 2.45) is 0 Å². The number of benzene rings is 2. The summed E-state index contributed by atoms with van der Waals surface area (Å²) in [5.41, 5.74) is 5.42. The molecule has 28 heavy (non-hydrogen) atoms. The lowest BCUT2D eigenvalue weighted by atomic mass is 10.0. The third kappa shape index (κ3) is 3.01. The van der Waals surface area contributed by atoms with Crippen molar-refractivity contribution in [2.75, 3.05) is 18.5 Å². The van der Waals surface area contributed by atoms with Crippen molar-refractivity contribution in [3.63, 3.8) is 0 Å². The Labute approximate surface area is 162 Å². The van der Waals surface area contributed by atoms with Crippen LogP contribution in [0.2, 0.25) is 0 Å². The molecule has 5 rings (SSSR count). The van der Waals surface area contributed by atoms with Gasteiger partial charge in [0.05, 0.1) is 6.54 Å². The Morgan fingerprint density at radius 2 is 2.00 bits per heavy atom. The number of ether oxygens (including phenoxy) is 1. The molecule has 0 atom stereocenters. The van der Waals surface area contributed by atoms with Crippen LogP contribution in [0.5, 0.6) is 5.75 Å². The average molecular weight is 375 g/mol. The molecule has 0 bridgehead atoms. The van der Waals surface area contributed by atoms with Gasteiger partial charge < -0.3 is 19.9 Å². The zero-order valence-electron chi connectivity index (χ0n) is 15.5. The maximum absolute atomic E-state index is 12.7. The van der Waals surface area contributed by atoms with E-state index in [2.05, 4.69) is 22.4 Å². The predicted molar refractivity (Wildman–Crippen MR) is 106 cm³/mol. The highest BCUT2D eigenvalue weighted by Crippen LogP contribution is 2.29. The maximum Gasteiger partial charge on any atom is 0.260 e. The number of carbonyl (C=O) groups excluding carboxylic acids is 2. The summed E-state index contributed by atoms with van der Waals surface area (Å²) in [6.45, 7) is 1.26. The number of aromatic amines is 1. The van der Waals surface area contributed by atoms with Crippen LogP contribution in [-0.4, -0.2) is 34.8 Å². The van der Waals surface area contributed by atoms with Crippen LogP contribution in [-0.2, 0) is 29.0 Å². The van der Waals surface area contributed by atoms with Crippen molar-refractivity contribution >= 4 is 28.4 Å². The molecule has 6 heteroatoms. The van der Waals surface area contributed by atoms with Crippen LogP contribution in [0.3, 0.4) is 0 Å². The molecule has 2 aliphatic heterocycles. The van der Waals surface area contributed by atoms with Gasteiger partial charge in [0, 0.05) is 41.3 Å². The SMILES string of the molecule is O=C1CCc2ccc(OCC(=O)N3CCc4c([nH]c5ccccc45)C3)cc2N1. The number of anilines is 1. The molecular formula is C22H21N3O3. The minimum atomic E-state index is -0.0361. The Morgan fingerprint density at radius 1 is 1.11 bits per heavy atom. The smallest absolute Gasteiger partial charge is 0.260 e. The van der Waals surface area contributed by atoms with Gasteiger partial charge in [-0.05, 0) is 36.1 Å². The number of aromatic nitrogens is 1. The van der Waals surface area contributed by atoms with Crippen molar-refractivity contribution in [1.82, 2.24) is 9.88 Å². The minimum absolute atomic E-state index is 0.0116. The lowest BCUT2D eigenvalue weighted by Crippen LogP contribution is -2.38. The standard InChI is InChI=1S/C22H21N3O3/c26-21-8-6-14-5-7-15(11-19(14)24-21)28-13-22(27)25-10-9-17-16-3-1-2-4-18(16)23-20(17)12-25/h1-5,7,11,23H,6,8-10,12-13H2,(H,24,26). The molecule has 0 spiro atoms. The highest BCUT2D eigenvalue weighted by molar-refractivity contribution is 5.94. The van der Waals surface area contributed by atoms with Crippen LogP contribution in [0.15, 0.2) is 42.5 Å². The Kier molecular flexibility index (Phi) is 4.04. The Morgan fingerprint density at radius 3 is 2.93 bits per heavy atom. The van der Waals surface area contributed by atoms with E-state index in [1.54, 1.807) is 6.07 Å². The maximum atomic E-state index is 12.7. The van der Waals surface area contributed by atoms with Gasteiger partial charge in [-0.2, -0.15) is 0 Å². The van der Waals surface area contributed by atoms with Gasteiger partial charge in [-0.3, -0.25) is 9.59 Å². The molecule has 0 fully saturated rings. The molecule has 2 aliphatic rings. The Bertz CT molecular complexity index is 1090. The van der Waals surface area contributed by atoms with Crippen LogP contribution < -0.4 is 10.1 Å². The second-order valence-electron chi connectivity index (χ2n) is 7.35. The van der Waals surface area contributed by atoms with E-state index in [9.17, 15) is 9.59 Å². The second-order valence-corrected chi connectivity index (χ2v) is 7.35. The normalized spacial score (nSPS) is 15.7. The number of carbonyl (C=O) groups is 2. The molecule has 2 N–H and O–H groups in total. The van der Waals surface area contributed by atoms with Gasteiger partial charge >= 0.3 is 0 Å². The molecular weight excluding hydrogens is 354 g/mol. The molecule has 1 aromatic heterocycles. The summed E-state index contributed by atoms with van der Waals surface area (Å²) in [6, 6.07) is 13.9. The number of para-hydroxylation sites is 1. The molecule has 2 amide bonds. The number of fused-ring (bicyclic) bond motifs is 4. The molecule has 0 radical (unpaired) electrons. The van der Waals surface area contributed by atoms with E-state index in [1.807, 2.05) is 29.2 Å². The molecule has 0 aliphatic carbocycles. The predicted octanol–water partition coefficient (Wildman–Crippen LogP) is 3.02. The van der Waals surface area contributed by atoms with Crippen molar-refractivity contribution in [1.29, 1.82) is 0 Å². The first-order valence-corrected chi connectivity index (χ1v) is 9.59. The zero-order chi connectivity index (χ0) is 19.1. The fourth-order valence-electron chi connectivity index (χ4n) is 4.08. The van der Waals surface area contributed by atoms with Gasteiger partial charge in [0.1, 0.15) is 5.75 Å². The van der Waals surface area contributed by atoms with Crippen LogP contribution in [0.25, 0.3) is 10.9 Å². The molecule has 6 nitrogen and oxygen atoms in total. The van der Waals surface area contributed by atoms with E-state index < -0.39 is 0 Å². The number of amides is 2. The largest absolute Gasteiger partial charge is 0.484 e. The monoisotopic (exact) mass is 375 g/mol. The van der Waals surface area contributed by atoms with Crippen LogP contribution in [0, 0.1) is 0 Å². The molecule has 0 saturated carbocycles. The summed E-state index contributed by atoms with van der Waals surface area (Å²) in [5, 5.41) is 4.10. The second kappa shape index (κ2) is 6.71. The van der Waals surface area contributed by atoms with Gasteiger partial charge in [-0.25, -0.2) is 0 Å². The first-order valence-electron chi connectivity index (χ1n) is 9.59. The number of hydrogen-bond donors (Lipinski definition) is 2. The fourth-order valence-corrected chi connectivity index (χ4v) is 4.08. The lowest BCUT2D eigenvalue weighted by Gasteiger charge is -2.27. The first-order chi connectivity index (χ1) is 13.7. The number of hydrogen-bond acceptors (Lipinski definition) is 3. The van der Waals surface area contributed by atoms with Crippen molar-refractivity contribution < 1.29 is 14.3 Å². The third-order valence-corrected chi connectivity index (χ3v) is 5.57. The average Bonchev–Trinajstić information content (AvgIpc) is 3.09. The summed E-state index contributed by atoms with van der Waals surface area (Å²) < 4.78 is 5.72. The Balaban J connectivity index is 1.25. The number of aryl methyl sites for hydroxylation is 1. The third-order valence-electron chi connectivity index (χ3n) is 5.57. The van der Waals surface area contributed by atoms with Gasteiger partial charge in [0.2, 0.25) is 5.91 Å². The van der Waals surface area contributed by atoms with Crippen LogP contribution >= 0.6 is 0 Å². The summed E-state index contributed by atoms with van der Waals surface area (Å²) in [5.74, 6) is 0.576. The molecule has 142 valence electrons. The lowest BCUT2D eigenvalue weighted by molar-refractivity contribution is -0.134. The topological polar surface area (TPSA) is 74.4 Å². The summed E-state index contributed by atoms with van der Waals surface area (Å²) in [7, 11) is 0. The van der Waals surface area contributed by atoms with Crippen molar-refractivity contribution in [3.05, 3.63) is 59.3 Å². The van der Waals surface area contributed by atoms with Crippen LogP contribution in [0.1, 0.15) is 23.2 Å². The summed E-state index contributed by atoms with van der Waals surface area (Å²) >= 11 is 0. The van der Waals surface area contributed by atoms with Crippen molar-refractivity contribution in [2.45, 2.75) is 25.8 Å². The fraction of sp³-hybridized carbons (Fsp3) is 0.273. The highest BCUT2D eigenvalue weighted by atomic mass is 16.5. The number of nitrogens with one attached hydrogen (secondary N) is 2. The van der Waals surface area contributed by atoms with Gasteiger partial charge in [0.25, 0.3) is 5.91 Å². The zero-order valence-corrected chi connectivity index (χ0v) is 15.5.